The third-order valence-corrected chi connectivity index (χ3v) is 5.13. The third-order valence-electron chi connectivity index (χ3n) is 4.59. The number of methoxy groups -OCH3 is 1. The average molecular weight is 470 g/mol. The van der Waals surface area contributed by atoms with Gasteiger partial charge in [0.25, 0.3) is 5.91 Å². The van der Waals surface area contributed by atoms with Crippen molar-refractivity contribution in [3.8, 4) is 5.75 Å². The number of carbonyl (C=O) groups is 2. The van der Waals surface area contributed by atoms with E-state index < -0.39 is 0 Å². The van der Waals surface area contributed by atoms with E-state index in [1.165, 1.54) is 6.07 Å². The lowest BCUT2D eigenvalue weighted by atomic mass is 10.1. The van der Waals surface area contributed by atoms with E-state index in [9.17, 15) is 9.59 Å². The van der Waals surface area contributed by atoms with Crippen molar-refractivity contribution in [2.75, 3.05) is 12.4 Å². The molecular formula is C24H21Cl2N3O3. The molecular weight excluding hydrogens is 449 g/mol. The van der Waals surface area contributed by atoms with Crippen molar-refractivity contribution in [2.24, 2.45) is 5.10 Å². The van der Waals surface area contributed by atoms with Gasteiger partial charge in [-0.2, -0.15) is 5.10 Å². The molecule has 0 fully saturated rings. The number of benzene rings is 3. The molecule has 0 aliphatic rings. The summed E-state index contributed by atoms with van der Waals surface area (Å²) >= 11 is 12.0. The van der Waals surface area contributed by atoms with Crippen LogP contribution in [-0.4, -0.2) is 24.6 Å². The van der Waals surface area contributed by atoms with Crippen LogP contribution in [0.4, 0.5) is 5.69 Å². The summed E-state index contributed by atoms with van der Waals surface area (Å²) in [5, 5.41) is 7.69. The fraction of sp³-hybridized carbons (Fsp3) is 0.125. The smallest absolute Gasteiger partial charge is 0.257 e. The molecule has 3 aromatic rings. The Morgan fingerprint density at radius 3 is 2.44 bits per heavy atom. The fourth-order valence-corrected chi connectivity index (χ4v) is 3.37. The molecule has 2 amide bonds. The number of amides is 2. The maximum Gasteiger partial charge on any atom is 0.257 e. The molecule has 0 spiro atoms. The van der Waals surface area contributed by atoms with Gasteiger partial charge >= 0.3 is 0 Å². The Labute approximate surface area is 196 Å². The molecule has 6 nitrogen and oxygen atoms in total. The number of ether oxygens (including phenoxy) is 1. The summed E-state index contributed by atoms with van der Waals surface area (Å²) in [6.45, 7) is 1.77. The van der Waals surface area contributed by atoms with Gasteiger partial charge in [-0.1, -0.05) is 47.5 Å². The highest BCUT2D eigenvalue weighted by Gasteiger charge is 2.12. The highest BCUT2D eigenvalue weighted by atomic mass is 35.5. The predicted octanol–water partition coefficient (Wildman–Crippen LogP) is 5.34. The zero-order chi connectivity index (χ0) is 23.1. The SMILES string of the molecule is COc1ccc(CC(=O)NN=C(C)c2cccc(NC(=O)c3ccc(Cl)cc3Cl)c2)cc1. The normalized spacial score (nSPS) is 11.1. The summed E-state index contributed by atoms with van der Waals surface area (Å²) in [5.41, 5.74) is 5.63. The number of hydrazone groups is 1. The molecule has 0 aliphatic carbocycles. The Balaban J connectivity index is 1.63. The van der Waals surface area contributed by atoms with Crippen LogP contribution in [0.15, 0.2) is 71.8 Å². The molecule has 0 saturated heterocycles. The molecule has 32 heavy (non-hydrogen) atoms. The van der Waals surface area contributed by atoms with Gasteiger partial charge < -0.3 is 10.1 Å². The first kappa shape index (κ1) is 23.3. The molecule has 0 bridgehead atoms. The molecule has 3 rings (SSSR count). The molecule has 0 atom stereocenters. The summed E-state index contributed by atoms with van der Waals surface area (Å²) in [4.78, 5) is 24.7. The van der Waals surface area contributed by atoms with Crippen molar-refractivity contribution in [1.82, 2.24) is 5.43 Å². The fourth-order valence-electron chi connectivity index (χ4n) is 2.87. The summed E-state index contributed by atoms with van der Waals surface area (Å²) in [6.07, 6.45) is 0.193. The predicted molar refractivity (Wildman–Crippen MR) is 128 cm³/mol. The molecule has 0 heterocycles. The first-order valence-corrected chi connectivity index (χ1v) is 10.4. The van der Waals surface area contributed by atoms with Gasteiger partial charge in [0.2, 0.25) is 5.91 Å². The van der Waals surface area contributed by atoms with Crippen molar-refractivity contribution in [3.63, 3.8) is 0 Å². The molecule has 8 heteroatoms. The molecule has 3 aromatic carbocycles. The van der Waals surface area contributed by atoms with Crippen LogP contribution in [-0.2, 0) is 11.2 Å². The van der Waals surface area contributed by atoms with E-state index in [1.54, 1.807) is 56.5 Å². The van der Waals surface area contributed by atoms with Crippen LogP contribution < -0.4 is 15.5 Å². The lowest BCUT2D eigenvalue weighted by Gasteiger charge is -2.09. The lowest BCUT2D eigenvalue weighted by molar-refractivity contribution is -0.120. The van der Waals surface area contributed by atoms with Gasteiger partial charge in [0.1, 0.15) is 5.75 Å². The second-order valence-electron chi connectivity index (χ2n) is 6.92. The maximum absolute atomic E-state index is 12.5. The van der Waals surface area contributed by atoms with Gasteiger partial charge in [0.15, 0.2) is 0 Å². The first-order chi connectivity index (χ1) is 15.4. The second-order valence-corrected chi connectivity index (χ2v) is 7.76. The number of hydrogen-bond acceptors (Lipinski definition) is 4. The van der Waals surface area contributed by atoms with E-state index in [2.05, 4.69) is 15.8 Å². The summed E-state index contributed by atoms with van der Waals surface area (Å²) in [6, 6.07) is 19.1. The lowest BCUT2D eigenvalue weighted by Crippen LogP contribution is -2.21. The quantitative estimate of drug-likeness (QED) is 0.362. The minimum absolute atomic E-state index is 0.193. The minimum atomic E-state index is -0.355. The van der Waals surface area contributed by atoms with Gasteiger partial charge in [0, 0.05) is 10.7 Å². The van der Waals surface area contributed by atoms with Gasteiger partial charge in [-0.15, -0.1) is 0 Å². The number of nitrogens with zero attached hydrogens (tertiary/aromatic N) is 1. The van der Waals surface area contributed by atoms with Crippen LogP contribution in [0.2, 0.25) is 10.0 Å². The Morgan fingerprint density at radius 1 is 1.00 bits per heavy atom. The van der Waals surface area contributed by atoms with Gasteiger partial charge in [-0.3, -0.25) is 9.59 Å². The van der Waals surface area contributed by atoms with Gasteiger partial charge in [-0.05, 0) is 60.5 Å². The van der Waals surface area contributed by atoms with Crippen LogP contribution in [0.25, 0.3) is 0 Å². The summed E-state index contributed by atoms with van der Waals surface area (Å²) in [5.74, 6) is 0.135. The average Bonchev–Trinajstić information content (AvgIpc) is 2.78. The zero-order valence-electron chi connectivity index (χ0n) is 17.5. The van der Waals surface area contributed by atoms with Crippen molar-refractivity contribution in [2.45, 2.75) is 13.3 Å². The van der Waals surface area contributed by atoms with Gasteiger partial charge in [-0.25, -0.2) is 5.43 Å². The van der Waals surface area contributed by atoms with E-state index in [0.29, 0.717) is 22.0 Å². The second kappa shape index (κ2) is 10.8. The molecule has 0 saturated carbocycles. The zero-order valence-corrected chi connectivity index (χ0v) is 19.0. The number of hydrogen-bond donors (Lipinski definition) is 2. The first-order valence-electron chi connectivity index (χ1n) is 9.68. The molecule has 2 N–H and O–H groups in total. The van der Waals surface area contributed by atoms with E-state index in [1.807, 2.05) is 18.2 Å². The summed E-state index contributed by atoms with van der Waals surface area (Å²) in [7, 11) is 1.59. The van der Waals surface area contributed by atoms with Crippen LogP contribution in [0, 0.1) is 0 Å². The molecule has 164 valence electrons. The van der Waals surface area contributed by atoms with E-state index in [-0.39, 0.29) is 23.3 Å². The van der Waals surface area contributed by atoms with Gasteiger partial charge in [0.05, 0.1) is 29.8 Å². The van der Waals surface area contributed by atoms with Crippen molar-refractivity contribution in [1.29, 1.82) is 0 Å². The standard InChI is InChI=1S/C24H21Cl2N3O3/c1-15(28-29-23(30)12-16-6-9-20(32-2)10-7-16)17-4-3-5-19(13-17)27-24(31)21-11-8-18(25)14-22(21)26/h3-11,13-14H,12H2,1-2H3,(H,27,31)(H,29,30). The number of nitrogens with one attached hydrogen (secondary N) is 2. The van der Waals surface area contributed by atoms with Crippen LogP contribution in [0.3, 0.4) is 0 Å². The molecule has 0 aliphatic heterocycles. The van der Waals surface area contributed by atoms with Crippen molar-refractivity contribution in [3.05, 3.63) is 93.5 Å². The van der Waals surface area contributed by atoms with Crippen molar-refractivity contribution >= 4 is 46.4 Å². The van der Waals surface area contributed by atoms with Crippen LogP contribution >= 0.6 is 23.2 Å². The third kappa shape index (κ3) is 6.33. The molecule has 0 aromatic heterocycles. The largest absolute Gasteiger partial charge is 0.497 e. The van der Waals surface area contributed by atoms with Crippen molar-refractivity contribution < 1.29 is 14.3 Å². The monoisotopic (exact) mass is 469 g/mol. The van der Waals surface area contributed by atoms with Crippen LogP contribution in [0.1, 0.15) is 28.4 Å². The van der Waals surface area contributed by atoms with E-state index >= 15 is 0 Å². The number of rotatable bonds is 7. The minimum Gasteiger partial charge on any atom is -0.497 e. The summed E-state index contributed by atoms with van der Waals surface area (Å²) < 4.78 is 5.11. The van der Waals surface area contributed by atoms with E-state index in [4.69, 9.17) is 27.9 Å². The number of carbonyl (C=O) groups excluding carboxylic acids is 2. The van der Waals surface area contributed by atoms with E-state index in [0.717, 1.165) is 16.9 Å². The number of halogens is 2. The topological polar surface area (TPSA) is 79.8 Å². The van der Waals surface area contributed by atoms with Crippen LogP contribution in [0.5, 0.6) is 5.75 Å². The Kier molecular flexibility index (Phi) is 7.87. The Hall–Kier alpha value is -3.35. The molecule has 0 unspecified atom stereocenters. The Morgan fingerprint density at radius 2 is 1.75 bits per heavy atom. The maximum atomic E-state index is 12.5. The number of anilines is 1. The highest BCUT2D eigenvalue weighted by Crippen LogP contribution is 2.22. The Bertz CT molecular complexity index is 1160. The highest BCUT2D eigenvalue weighted by molar-refractivity contribution is 6.37. The molecule has 0 radical (unpaired) electrons.